The quantitative estimate of drug-likeness (QED) is 0.598. The van der Waals surface area contributed by atoms with Crippen molar-refractivity contribution in [2.24, 2.45) is 5.92 Å². The van der Waals surface area contributed by atoms with Crippen LogP contribution in [0.4, 0.5) is 0 Å². The highest BCUT2D eigenvalue weighted by atomic mass is 16.5. The summed E-state index contributed by atoms with van der Waals surface area (Å²) in [7, 11) is 1.23. The molecule has 0 unspecified atom stereocenters. The van der Waals surface area contributed by atoms with Crippen molar-refractivity contribution in [3.63, 3.8) is 0 Å². The van der Waals surface area contributed by atoms with Gasteiger partial charge in [-0.15, -0.1) is 0 Å². The topological polar surface area (TPSA) is 81.7 Å². The van der Waals surface area contributed by atoms with Gasteiger partial charge in [-0.2, -0.15) is 0 Å². The van der Waals surface area contributed by atoms with Crippen molar-refractivity contribution >= 4 is 17.8 Å². The number of hydrogen-bond acceptors (Lipinski definition) is 5. The van der Waals surface area contributed by atoms with E-state index in [4.69, 9.17) is 4.74 Å². The molecule has 0 spiro atoms. The molecule has 1 N–H and O–H groups in total. The van der Waals surface area contributed by atoms with E-state index < -0.39 is 18.0 Å². The molecule has 1 amide bonds. The Morgan fingerprint density at radius 3 is 2.38 bits per heavy atom. The predicted molar refractivity (Wildman–Crippen MR) is 96.0 cm³/mol. The molecule has 0 saturated heterocycles. The summed E-state index contributed by atoms with van der Waals surface area (Å²) in [6.45, 7) is -0.00712. The Labute approximate surface area is 153 Å². The highest BCUT2D eigenvalue weighted by Gasteiger charge is 2.24. The molecule has 0 aliphatic heterocycles. The highest BCUT2D eigenvalue weighted by Crippen LogP contribution is 2.25. The molecule has 0 heterocycles. The Bertz CT molecular complexity index is 635. The lowest BCUT2D eigenvalue weighted by Crippen LogP contribution is -2.37. The molecule has 2 rings (SSSR count). The highest BCUT2D eigenvalue weighted by molar-refractivity contribution is 5.91. The van der Waals surface area contributed by atoms with Crippen molar-refractivity contribution in [2.45, 2.75) is 38.1 Å². The van der Waals surface area contributed by atoms with Gasteiger partial charge in [-0.05, 0) is 18.4 Å². The Morgan fingerprint density at radius 2 is 1.73 bits per heavy atom. The fraction of sp³-hybridized carbons (Fsp3) is 0.450. The monoisotopic (exact) mass is 359 g/mol. The van der Waals surface area contributed by atoms with E-state index in [1.165, 1.54) is 13.5 Å². The van der Waals surface area contributed by atoms with Gasteiger partial charge in [-0.25, -0.2) is 9.59 Å². The molecule has 1 aliphatic carbocycles. The average molecular weight is 359 g/mol. The maximum atomic E-state index is 12.6. The molecule has 1 aromatic rings. The summed E-state index contributed by atoms with van der Waals surface area (Å²) in [6, 6.07) is 8.95. The van der Waals surface area contributed by atoms with Crippen LogP contribution in [0.25, 0.3) is 0 Å². The van der Waals surface area contributed by atoms with Gasteiger partial charge in [-0.1, -0.05) is 49.6 Å². The van der Waals surface area contributed by atoms with E-state index in [0.717, 1.165) is 43.4 Å². The lowest BCUT2D eigenvalue weighted by molar-refractivity contribution is -0.140. The van der Waals surface area contributed by atoms with E-state index in [9.17, 15) is 14.4 Å². The Balaban J connectivity index is 1.97. The number of methoxy groups -OCH3 is 1. The third-order valence-corrected chi connectivity index (χ3v) is 4.44. The molecule has 0 aromatic heterocycles. The number of nitrogens with one attached hydrogen (secondary N) is 1. The Kier molecular flexibility index (Phi) is 7.86. The molecule has 1 aromatic carbocycles. The van der Waals surface area contributed by atoms with Crippen LogP contribution in [0.1, 0.15) is 43.7 Å². The Morgan fingerprint density at radius 1 is 1.08 bits per heavy atom. The smallest absolute Gasteiger partial charge is 0.331 e. The number of esters is 2. The van der Waals surface area contributed by atoms with Crippen LogP contribution in [0.2, 0.25) is 0 Å². The van der Waals surface area contributed by atoms with Gasteiger partial charge in [0.1, 0.15) is 6.61 Å². The third-order valence-electron chi connectivity index (χ3n) is 4.44. The summed E-state index contributed by atoms with van der Waals surface area (Å²) >= 11 is 0. The van der Waals surface area contributed by atoms with E-state index >= 15 is 0 Å². The van der Waals surface area contributed by atoms with Gasteiger partial charge >= 0.3 is 11.9 Å². The fourth-order valence-corrected chi connectivity index (χ4v) is 2.98. The Hall–Kier alpha value is -2.63. The largest absolute Gasteiger partial charge is 0.466 e. The van der Waals surface area contributed by atoms with Crippen LogP contribution in [-0.4, -0.2) is 31.6 Å². The van der Waals surface area contributed by atoms with Gasteiger partial charge < -0.3 is 14.8 Å². The normalized spacial score (nSPS) is 16.0. The van der Waals surface area contributed by atoms with Crippen molar-refractivity contribution < 1.29 is 23.9 Å². The lowest BCUT2D eigenvalue weighted by atomic mass is 9.88. The number of carbonyl (C=O) groups is 3. The molecule has 1 saturated carbocycles. The van der Waals surface area contributed by atoms with Crippen LogP contribution in [-0.2, 0) is 23.9 Å². The van der Waals surface area contributed by atoms with Crippen LogP contribution in [0.15, 0.2) is 42.5 Å². The molecule has 1 atom stereocenters. The predicted octanol–water partition coefficient (Wildman–Crippen LogP) is 2.70. The van der Waals surface area contributed by atoms with Gasteiger partial charge in [0.05, 0.1) is 13.2 Å². The second-order valence-electron chi connectivity index (χ2n) is 6.29. The van der Waals surface area contributed by atoms with E-state index in [1.807, 2.05) is 30.3 Å². The first kappa shape index (κ1) is 19.7. The van der Waals surface area contributed by atoms with Crippen molar-refractivity contribution in [1.82, 2.24) is 5.32 Å². The molecule has 0 bridgehead atoms. The van der Waals surface area contributed by atoms with E-state index in [2.05, 4.69) is 10.1 Å². The molecule has 26 heavy (non-hydrogen) atoms. The van der Waals surface area contributed by atoms with Crippen LogP contribution < -0.4 is 5.32 Å². The number of rotatable bonds is 7. The second-order valence-corrected chi connectivity index (χ2v) is 6.29. The van der Waals surface area contributed by atoms with Crippen molar-refractivity contribution in [3.8, 4) is 0 Å². The van der Waals surface area contributed by atoms with Gasteiger partial charge in [-0.3, -0.25) is 4.79 Å². The van der Waals surface area contributed by atoms with Crippen molar-refractivity contribution in [2.75, 3.05) is 13.7 Å². The SMILES string of the molecule is COC(=O)/C=C/C(=O)OC[C@H](NC(=O)C1CCCCC1)c1ccccc1. The zero-order valence-corrected chi connectivity index (χ0v) is 15.0. The van der Waals surface area contributed by atoms with E-state index in [-0.39, 0.29) is 18.4 Å². The maximum Gasteiger partial charge on any atom is 0.331 e. The average Bonchev–Trinajstić information content (AvgIpc) is 2.70. The molecule has 6 nitrogen and oxygen atoms in total. The third kappa shape index (κ3) is 6.35. The molecular weight excluding hydrogens is 334 g/mol. The van der Waals surface area contributed by atoms with Crippen LogP contribution in [0.5, 0.6) is 0 Å². The van der Waals surface area contributed by atoms with Crippen LogP contribution in [0.3, 0.4) is 0 Å². The van der Waals surface area contributed by atoms with Gasteiger partial charge in [0, 0.05) is 18.1 Å². The number of benzene rings is 1. The molecule has 1 fully saturated rings. The zero-order valence-electron chi connectivity index (χ0n) is 15.0. The van der Waals surface area contributed by atoms with Gasteiger partial charge in [0.2, 0.25) is 5.91 Å². The summed E-state index contributed by atoms with van der Waals surface area (Å²) < 4.78 is 9.62. The first-order valence-corrected chi connectivity index (χ1v) is 8.88. The molecular formula is C20H25NO5. The van der Waals surface area contributed by atoms with Crippen molar-refractivity contribution in [1.29, 1.82) is 0 Å². The summed E-state index contributed by atoms with van der Waals surface area (Å²) in [5.74, 6) is -1.28. The number of amides is 1. The summed E-state index contributed by atoms with van der Waals surface area (Å²) in [5.41, 5.74) is 0.862. The van der Waals surface area contributed by atoms with Gasteiger partial charge in [0.15, 0.2) is 0 Å². The number of carbonyl (C=O) groups excluding carboxylic acids is 3. The minimum absolute atomic E-state index is 0.000273. The summed E-state index contributed by atoms with van der Waals surface area (Å²) in [5, 5.41) is 3.00. The van der Waals surface area contributed by atoms with Crippen LogP contribution in [0, 0.1) is 5.92 Å². The van der Waals surface area contributed by atoms with E-state index in [1.54, 1.807) is 0 Å². The van der Waals surface area contributed by atoms with E-state index in [0.29, 0.717) is 0 Å². The maximum absolute atomic E-state index is 12.6. The zero-order chi connectivity index (χ0) is 18.8. The fourth-order valence-electron chi connectivity index (χ4n) is 2.98. The first-order chi connectivity index (χ1) is 12.6. The summed E-state index contributed by atoms with van der Waals surface area (Å²) in [4.78, 5) is 35.3. The second kappa shape index (κ2) is 10.4. The molecule has 0 radical (unpaired) electrons. The minimum atomic E-state index is -0.664. The lowest BCUT2D eigenvalue weighted by Gasteiger charge is -2.25. The first-order valence-electron chi connectivity index (χ1n) is 8.88. The minimum Gasteiger partial charge on any atom is -0.466 e. The molecule has 1 aliphatic rings. The number of hydrogen-bond donors (Lipinski definition) is 1. The van der Waals surface area contributed by atoms with Crippen molar-refractivity contribution in [3.05, 3.63) is 48.0 Å². The number of ether oxygens (including phenoxy) is 2. The van der Waals surface area contributed by atoms with Crippen LogP contribution >= 0.6 is 0 Å². The molecule has 140 valence electrons. The van der Waals surface area contributed by atoms with Gasteiger partial charge in [0.25, 0.3) is 0 Å². The standard InChI is InChI=1S/C20H25NO5/c1-25-18(22)12-13-19(23)26-14-17(15-8-4-2-5-9-15)21-20(24)16-10-6-3-7-11-16/h2,4-5,8-9,12-13,16-17H,3,6-7,10-11,14H2,1H3,(H,21,24)/b13-12+/t17-/m0/s1. The summed E-state index contributed by atoms with van der Waals surface area (Å²) in [6.07, 6.45) is 7.13. The molecule has 6 heteroatoms.